The molecular formula is C16H13N3O2S. The lowest BCUT2D eigenvalue weighted by Gasteiger charge is -2.07. The Labute approximate surface area is 130 Å². The predicted molar refractivity (Wildman–Crippen MR) is 88.2 cm³/mol. The molecule has 0 atom stereocenters. The highest BCUT2D eigenvalue weighted by Gasteiger charge is 2.07. The minimum atomic E-state index is -0.283. The molecule has 2 aromatic carbocycles. The molecular weight excluding hydrogens is 298 g/mol. The Bertz CT molecular complexity index is 888. The Morgan fingerprint density at radius 1 is 1.09 bits per heavy atom. The van der Waals surface area contributed by atoms with E-state index in [9.17, 15) is 9.59 Å². The molecule has 0 saturated carbocycles. The summed E-state index contributed by atoms with van der Waals surface area (Å²) < 4.78 is -0.0994. The Hall–Kier alpha value is -2.73. The normalized spacial score (nSPS) is 10.4. The van der Waals surface area contributed by atoms with E-state index in [4.69, 9.17) is 0 Å². The number of nitrogens with one attached hydrogen (secondary N) is 2. The van der Waals surface area contributed by atoms with Gasteiger partial charge in [0.1, 0.15) is 0 Å². The van der Waals surface area contributed by atoms with Gasteiger partial charge in [0.25, 0.3) is 5.91 Å². The summed E-state index contributed by atoms with van der Waals surface area (Å²) in [7, 11) is 0. The fraction of sp³-hybridized carbons (Fsp3) is 0.0625. The van der Waals surface area contributed by atoms with Gasteiger partial charge >= 0.3 is 0 Å². The molecule has 6 heteroatoms. The number of carbonyl (C=O) groups is 1. The number of fused-ring (bicyclic) bond motifs is 1. The van der Waals surface area contributed by atoms with Gasteiger partial charge in [-0.05, 0) is 31.2 Å². The first-order valence-corrected chi connectivity index (χ1v) is 7.48. The largest absolute Gasteiger partial charge is 0.277 e. The summed E-state index contributed by atoms with van der Waals surface area (Å²) in [5.41, 5.74) is 7.46. The van der Waals surface area contributed by atoms with Crippen LogP contribution >= 0.6 is 11.3 Å². The number of hydrogen-bond acceptors (Lipinski definition) is 5. The van der Waals surface area contributed by atoms with Crippen molar-refractivity contribution in [2.24, 2.45) is 0 Å². The van der Waals surface area contributed by atoms with Crippen molar-refractivity contribution < 1.29 is 4.79 Å². The number of nitrogens with zero attached hydrogens (tertiary/aromatic N) is 1. The molecule has 0 radical (unpaired) electrons. The van der Waals surface area contributed by atoms with Crippen molar-refractivity contribution in [2.75, 3.05) is 5.43 Å². The maximum absolute atomic E-state index is 12.0. The van der Waals surface area contributed by atoms with Crippen LogP contribution in [0.15, 0.2) is 53.3 Å². The molecule has 5 nitrogen and oxygen atoms in total. The van der Waals surface area contributed by atoms with Gasteiger partial charge in [0, 0.05) is 5.56 Å². The van der Waals surface area contributed by atoms with E-state index in [1.807, 2.05) is 25.1 Å². The lowest BCUT2D eigenvalue weighted by Crippen LogP contribution is -2.29. The molecule has 22 heavy (non-hydrogen) atoms. The minimum Gasteiger partial charge on any atom is -0.277 e. The smallest absolute Gasteiger partial charge is 0.269 e. The van der Waals surface area contributed by atoms with Crippen molar-refractivity contribution in [3.05, 3.63) is 69.2 Å². The van der Waals surface area contributed by atoms with E-state index in [0.29, 0.717) is 21.6 Å². The zero-order valence-corrected chi connectivity index (χ0v) is 12.6. The molecule has 2 N–H and O–H groups in total. The number of para-hydroxylation sites is 1. The first-order chi connectivity index (χ1) is 10.6. The summed E-state index contributed by atoms with van der Waals surface area (Å²) in [4.78, 5) is 28.3. The third-order valence-electron chi connectivity index (χ3n) is 3.13. The number of aromatic nitrogens is 1. The molecule has 0 unspecified atom stereocenters. The summed E-state index contributed by atoms with van der Waals surface area (Å²) in [6, 6.07) is 14.3. The van der Waals surface area contributed by atoms with E-state index in [1.54, 1.807) is 30.3 Å². The average Bonchev–Trinajstić information content (AvgIpc) is 2.53. The highest BCUT2D eigenvalue weighted by atomic mass is 32.1. The summed E-state index contributed by atoms with van der Waals surface area (Å²) >= 11 is 0.954. The number of rotatable bonds is 3. The van der Waals surface area contributed by atoms with Crippen molar-refractivity contribution in [3.63, 3.8) is 0 Å². The van der Waals surface area contributed by atoms with Crippen LogP contribution in [0.2, 0.25) is 0 Å². The van der Waals surface area contributed by atoms with Gasteiger partial charge in [-0.15, -0.1) is 0 Å². The van der Waals surface area contributed by atoms with Crippen molar-refractivity contribution >= 4 is 33.3 Å². The molecule has 0 aliphatic rings. The lowest BCUT2D eigenvalue weighted by atomic mass is 10.1. The summed E-state index contributed by atoms with van der Waals surface area (Å²) in [5, 5.41) is 0.923. The maximum Gasteiger partial charge on any atom is 0.269 e. The number of hydrazine groups is 1. The molecule has 0 bridgehead atoms. The topological polar surface area (TPSA) is 71.1 Å². The highest BCUT2D eigenvalue weighted by molar-refractivity contribution is 7.13. The van der Waals surface area contributed by atoms with Crippen molar-refractivity contribution in [1.82, 2.24) is 10.4 Å². The monoisotopic (exact) mass is 311 g/mol. The molecule has 1 heterocycles. The second-order valence-corrected chi connectivity index (χ2v) is 5.73. The van der Waals surface area contributed by atoms with Crippen molar-refractivity contribution in [3.8, 4) is 0 Å². The number of carbonyl (C=O) groups excluding carboxylic acids is 1. The fourth-order valence-corrected chi connectivity index (χ4v) is 2.66. The lowest BCUT2D eigenvalue weighted by molar-refractivity contribution is 0.0962. The van der Waals surface area contributed by atoms with E-state index in [1.165, 1.54) is 0 Å². The van der Waals surface area contributed by atoms with Crippen molar-refractivity contribution in [1.29, 1.82) is 0 Å². The Balaban J connectivity index is 1.77. The van der Waals surface area contributed by atoms with Crippen LogP contribution in [0.5, 0.6) is 0 Å². The molecule has 0 fully saturated rings. The van der Waals surface area contributed by atoms with Gasteiger partial charge in [-0.3, -0.25) is 20.4 Å². The number of aryl methyl sites for hydroxylation is 1. The van der Waals surface area contributed by atoms with E-state index in [2.05, 4.69) is 15.8 Å². The van der Waals surface area contributed by atoms with Crippen LogP contribution < -0.4 is 15.6 Å². The van der Waals surface area contributed by atoms with Crippen LogP contribution in [0.3, 0.4) is 0 Å². The Morgan fingerprint density at radius 2 is 1.82 bits per heavy atom. The molecule has 0 aliphatic heterocycles. The van der Waals surface area contributed by atoms with Gasteiger partial charge in [-0.2, -0.15) is 0 Å². The van der Waals surface area contributed by atoms with E-state index < -0.39 is 0 Å². The zero-order chi connectivity index (χ0) is 15.5. The van der Waals surface area contributed by atoms with E-state index >= 15 is 0 Å². The fourth-order valence-electron chi connectivity index (χ4n) is 1.96. The van der Waals surface area contributed by atoms with E-state index in [0.717, 1.165) is 16.9 Å². The molecule has 1 amide bonds. The zero-order valence-electron chi connectivity index (χ0n) is 11.8. The van der Waals surface area contributed by atoms with E-state index in [-0.39, 0.29) is 10.6 Å². The van der Waals surface area contributed by atoms with Gasteiger partial charge in [0.2, 0.25) is 9.87 Å². The summed E-state index contributed by atoms with van der Waals surface area (Å²) in [6.07, 6.45) is 0. The highest BCUT2D eigenvalue weighted by Crippen LogP contribution is 2.13. The summed E-state index contributed by atoms with van der Waals surface area (Å²) in [5.74, 6) is -0.283. The third-order valence-corrected chi connectivity index (χ3v) is 3.92. The minimum absolute atomic E-state index is 0.0994. The molecule has 3 aromatic rings. The van der Waals surface area contributed by atoms with Gasteiger partial charge in [0.05, 0.1) is 10.9 Å². The quantitative estimate of drug-likeness (QED) is 0.730. The van der Waals surface area contributed by atoms with Gasteiger partial charge in [0.15, 0.2) is 0 Å². The van der Waals surface area contributed by atoms with Crippen LogP contribution in [-0.2, 0) is 0 Å². The number of benzene rings is 2. The van der Waals surface area contributed by atoms with Gasteiger partial charge < -0.3 is 0 Å². The number of hydrogen-bond donors (Lipinski definition) is 2. The second kappa shape index (κ2) is 5.95. The predicted octanol–water partition coefficient (Wildman–Crippen LogP) is 2.72. The van der Waals surface area contributed by atoms with Crippen LogP contribution in [0.25, 0.3) is 10.9 Å². The SMILES string of the molecule is Cc1ccc(C(=O)NNc2nc3ccccc3c(=O)s2)cc1. The molecule has 110 valence electrons. The van der Waals surface area contributed by atoms with Crippen LogP contribution in [0, 0.1) is 6.92 Å². The molecule has 0 spiro atoms. The van der Waals surface area contributed by atoms with Crippen LogP contribution in [0.1, 0.15) is 15.9 Å². The molecule has 1 aromatic heterocycles. The molecule has 0 aliphatic carbocycles. The maximum atomic E-state index is 12.0. The average molecular weight is 311 g/mol. The Morgan fingerprint density at radius 3 is 2.59 bits per heavy atom. The first kappa shape index (κ1) is 14.2. The van der Waals surface area contributed by atoms with Crippen LogP contribution in [0.4, 0.5) is 5.13 Å². The standard InChI is InChI=1S/C16H13N3O2S/c1-10-6-8-11(9-7-10)14(20)18-19-16-17-13-5-3-2-4-12(13)15(21)22-16/h2-9H,1H3,(H,17,19)(H,18,20). The second-order valence-electron chi connectivity index (χ2n) is 4.77. The van der Waals surface area contributed by atoms with Crippen molar-refractivity contribution in [2.45, 2.75) is 6.92 Å². The Kier molecular flexibility index (Phi) is 3.84. The first-order valence-electron chi connectivity index (χ1n) is 6.66. The number of anilines is 1. The van der Waals surface area contributed by atoms with Crippen LogP contribution in [-0.4, -0.2) is 10.9 Å². The van der Waals surface area contributed by atoms with Gasteiger partial charge in [-0.25, -0.2) is 4.98 Å². The number of amides is 1. The molecule has 3 rings (SSSR count). The third kappa shape index (κ3) is 2.96. The van der Waals surface area contributed by atoms with Gasteiger partial charge in [-0.1, -0.05) is 41.2 Å². The molecule has 0 saturated heterocycles. The summed E-state index contributed by atoms with van der Waals surface area (Å²) in [6.45, 7) is 1.95.